The highest BCUT2D eigenvalue weighted by Crippen LogP contribution is 2.20. The van der Waals surface area contributed by atoms with E-state index in [1.807, 2.05) is 0 Å². The quantitative estimate of drug-likeness (QED) is 0.658. The minimum atomic E-state index is -0.782. The van der Waals surface area contributed by atoms with E-state index in [4.69, 9.17) is 19.3 Å². The van der Waals surface area contributed by atoms with Gasteiger partial charge in [-0.05, 0) is 39.0 Å². The zero-order valence-electron chi connectivity index (χ0n) is 10.7. The lowest BCUT2D eigenvalue weighted by Gasteiger charge is -2.18. The van der Waals surface area contributed by atoms with Gasteiger partial charge in [0.15, 0.2) is 0 Å². The lowest BCUT2D eigenvalue weighted by Crippen LogP contribution is -2.25. The second-order valence-corrected chi connectivity index (χ2v) is 4.54. The van der Waals surface area contributed by atoms with Crippen LogP contribution in [-0.4, -0.2) is 30.1 Å². The van der Waals surface area contributed by atoms with Crippen molar-refractivity contribution in [3.05, 3.63) is 24.3 Å². The van der Waals surface area contributed by atoms with Crippen LogP contribution in [0.15, 0.2) is 18.2 Å². The van der Waals surface area contributed by atoms with Gasteiger partial charge in [0.2, 0.25) is 0 Å². The van der Waals surface area contributed by atoms with Gasteiger partial charge in [-0.1, -0.05) is 0 Å². The van der Waals surface area contributed by atoms with Crippen LogP contribution >= 0.6 is 0 Å². The third kappa shape index (κ3) is 5.54. The second-order valence-electron chi connectivity index (χ2n) is 4.54. The maximum atomic E-state index is 11.4. The fourth-order valence-corrected chi connectivity index (χ4v) is 1.10. The molecule has 1 N–H and O–H groups in total. The van der Waals surface area contributed by atoms with Crippen LogP contribution < -0.4 is 9.47 Å². The van der Waals surface area contributed by atoms with Crippen molar-refractivity contribution in [2.45, 2.75) is 26.4 Å². The fraction of sp³-hybridized carbons (Fsp3) is 0.462. The summed E-state index contributed by atoms with van der Waals surface area (Å²) in [4.78, 5) is 11.4. The minimum Gasteiger partial charge on any atom is -0.491 e. The number of hydrogen-bond acceptors (Lipinski definition) is 5. The number of benzene rings is 1. The SMILES string of the molecule is CC(C)(C)OC(=O)Oc1c[c]cc(OCCO)c1. The largest absolute Gasteiger partial charge is 0.514 e. The molecule has 18 heavy (non-hydrogen) atoms. The van der Waals surface area contributed by atoms with Crippen molar-refractivity contribution in [1.29, 1.82) is 0 Å². The van der Waals surface area contributed by atoms with E-state index in [1.54, 1.807) is 26.8 Å². The number of ether oxygens (including phenoxy) is 3. The summed E-state index contributed by atoms with van der Waals surface area (Å²) < 4.78 is 15.1. The van der Waals surface area contributed by atoms with E-state index >= 15 is 0 Å². The Balaban J connectivity index is 2.59. The van der Waals surface area contributed by atoms with Crippen LogP contribution in [0.4, 0.5) is 4.79 Å². The molecular weight excluding hydrogens is 236 g/mol. The Morgan fingerprint density at radius 1 is 1.33 bits per heavy atom. The van der Waals surface area contributed by atoms with Gasteiger partial charge in [-0.15, -0.1) is 0 Å². The van der Waals surface area contributed by atoms with Gasteiger partial charge in [0.1, 0.15) is 23.7 Å². The summed E-state index contributed by atoms with van der Waals surface area (Å²) >= 11 is 0. The molecule has 0 heterocycles. The van der Waals surface area contributed by atoms with Crippen LogP contribution in [0, 0.1) is 6.07 Å². The molecule has 0 saturated carbocycles. The lowest BCUT2D eigenvalue weighted by atomic mass is 10.2. The van der Waals surface area contributed by atoms with Crippen molar-refractivity contribution >= 4 is 6.16 Å². The maximum absolute atomic E-state index is 11.4. The van der Waals surface area contributed by atoms with Crippen LogP contribution in [0.2, 0.25) is 0 Å². The zero-order chi connectivity index (χ0) is 13.6. The standard InChI is InChI=1S/C13H17O5/c1-13(2,3)18-12(15)17-11-6-4-5-10(9-11)16-8-7-14/h5-6,9,14H,7-8H2,1-3H3. The molecule has 0 atom stereocenters. The summed E-state index contributed by atoms with van der Waals surface area (Å²) in [5.74, 6) is 0.741. The highest BCUT2D eigenvalue weighted by Gasteiger charge is 2.18. The van der Waals surface area contributed by atoms with Gasteiger partial charge < -0.3 is 19.3 Å². The first-order valence-corrected chi connectivity index (χ1v) is 5.56. The molecule has 0 bridgehead atoms. The summed E-state index contributed by atoms with van der Waals surface area (Å²) in [6.07, 6.45) is -0.782. The van der Waals surface area contributed by atoms with E-state index in [1.165, 1.54) is 12.1 Å². The Kier molecular flexibility index (Phi) is 4.97. The van der Waals surface area contributed by atoms with Crippen molar-refractivity contribution in [3.63, 3.8) is 0 Å². The van der Waals surface area contributed by atoms with Crippen LogP contribution in [0.3, 0.4) is 0 Å². The summed E-state index contributed by atoms with van der Waals surface area (Å²) in [5, 5.41) is 8.63. The Labute approximate surface area is 106 Å². The van der Waals surface area contributed by atoms with E-state index in [0.29, 0.717) is 5.75 Å². The molecule has 0 aliphatic rings. The summed E-state index contributed by atoms with van der Waals surface area (Å²) in [6.45, 7) is 5.34. The van der Waals surface area contributed by atoms with E-state index in [9.17, 15) is 4.79 Å². The van der Waals surface area contributed by atoms with Crippen molar-refractivity contribution < 1.29 is 24.1 Å². The van der Waals surface area contributed by atoms with Gasteiger partial charge in [0, 0.05) is 6.07 Å². The predicted molar refractivity (Wildman–Crippen MR) is 64.7 cm³/mol. The average Bonchev–Trinajstić information content (AvgIpc) is 2.24. The molecule has 0 aliphatic heterocycles. The first kappa shape index (κ1) is 14.3. The normalized spacial score (nSPS) is 10.9. The molecule has 0 spiro atoms. The van der Waals surface area contributed by atoms with E-state index < -0.39 is 11.8 Å². The molecule has 0 aromatic heterocycles. The number of rotatable bonds is 4. The molecule has 0 aliphatic carbocycles. The molecular formula is C13H17O5. The summed E-state index contributed by atoms with van der Waals surface area (Å²) in [7, 11) is 0. The van der Waals surface area contributed by atoms with Crippen LogP contribution in [0.5, 0.6) is 11.5 Å². The highest BCUT2D eigenvalue weighted by atomic mass is 16.7. The van der Waals surface area contributed by atoms with E-state index in [0.717, 1.165) is 0 Å². The number of carbonyl (C=O) groups is 1. The molecule has 0 unspecified atom stereocenters. The molecule has 1 aromatic carbocycles. The fourth-order valence-electron chi connectivity index (χ4n) is 1.10. The second kappa shape index (κ2) is 6.26. The summed E-state index contributed by atoms with van der Waals surface area (Å²) in [6, 6.07) is 7.37. The number of carbonyl (C=O) groups excluding carboxylic acids is 1. The van der Waals surface area contributed by atoms with Crippen LogP contribution in [0.25, 0.3) is 0 Å². The Bertz CT molecular complexity index is 395. The monoisotopic (exact) mass is 253 g/mol. The number of hydrogen-bond donors (Lipinski definition) is 1. The van der Waals surface area contributed by atoms with Gasteiger partial charge in [-0.2, -0.15) is 0 Å². The lowest BCUT2D eigenvalue weighted by molar-refractivity contribution is 0.0206. The molecule has 99 valence electrons. The highest BCUT2D eigenvalue weighted by molar-refractivity contribution is 5.64. The molecule has 5 heteroatoms. The molecule has 0 amide bonds. The predicted octanol–water partition coefficient (Wildman–Crippen LogP) is 2.17. The molecule has 1 rings (SSSR count). The first-order valence-electron chi connectivity index (χ1n) is 5.56. The van der Waals surface area contributed by atoms with Crippen molar-refractivity contribution in [2.75, 3.05) is 13.2 Å². The third-order valence-electron chi connectivity index (χ3n) is 1.69. The number of aliphatic hydroxyl groups is 1. The molecule has 0 fully saturated rings. The van der Waals surface area contributed by atoms with Crippen molar-refractivity contribution in [2.24, 2.45) is 0 Å². The van der Waals surface area contributed by atoms with E-state index in [-0.39, 0.29) is 19.0 Å². The smallest absolute Gasteiger partial charge is 0.491 e. The topological polar surface area (TPSA) is 65.0 Å². The molecule has 0 saturated heterocycles. The maximum Gasteiger partial charge on any atom is 0.514 e. The Morgan fingerprint density at radius 2 is 2.00 bits per heavy atom. The molecule has 1 aromatic rings. The van der Waals surface area contributed by atoms with Gasteiger partial charge in [0.05, 0.1) is 6.61 Å². The summed E-state index contributed by atoms with van der Waals surface area (Å²) in [5.41, 5.74) is -0.605. The Morgan fingerprint density at radius 3 is 2.61 bits per heavy atom. The number of aliphatic hydroxyl groups excluding tert-OH is 1. The molecule has 1 radical (unpaired) electrons. The van der Waals surface area contributed by atoms with Gasteiger partial charge in [-0.3, -0.25) is 0 Å². The van der Waals surface area contributed by atoms with E-state index in [2.05, 4.69) is 6.07 Å². The van der Waals surface area contributed by atoms with Crippen molar-refractivity contribution in [1.82, 2.24) is 0 Å². The van der Waals surface area contributed by atoms with Crippen LogP contribution in [-0.2, 0) is 4.74 Å². The minimum absolute atomic E-state index is 0.0862. The van der Waals surface area contributed by atoms with Crippen LogP contribution in [0.1, 0.15) is 20.8 Å². The molecule has 5 nitrogen and oxygen atoms in total. The van der Waals surface area contributed by atoms with Crippen molar-refractivity contribution in [3.8, 4) is 11.5 Å². The van der Waals surface area contributed by atoms with Gasteiger partial charge in [0.25, 0.3) is 0 Å². The first-order chi connectivity index (χ1) is 8.40. The Hall–Kier alpha value is -1.75. The zero-order valence-corrected chi connectivity index (χ0v) is 10.7. The average molecular weight is 253 g/mol. The third-order valence-corrected chi connectivity index (χ3v) is 1.69. The van der Waals surface area contributed by atoms with Gasteiger partial charge >= 0.3 is 6.16 Å². The van der Waals surface area contributed by atoms with Gasteiger partial charge in [-0.25, -0.2) is 4.79 Å².